The van der Waals surface area contributed by atoms with Crippen LogP contribution in [0.1, 0.15) is 24.4 Å². The number of benzene rings is 1. The van der Waals surface area contributed by atoms with E-state index in [9.17, 15) is 0 Å². The van der Waals surface area contributed by atoms with Crippen molar-refractivity contribution in [3.63, 3.8) is 0 Å². The van der Waals surface area contributed by atoms with Gasteiger partial charge in [-0.05, 0) is 30.5 Å². The van der Waals surface area contributed by atoms with Crippen molar-refractivity contribution in [3.05, 3.63) is 34.9 Å². The average Bonchev–Trinajstić information content (AvgIpc) is 3.13. The Balaban J connectivity index is 1.73. The predicted octanol–water partition coefficient (Wildman–Crippen LogP) is 2.45. The second kappa shape index (κ2) is 4.36. The van der Waals surface area contributed by atoms with Gasteiger partial charge in [0.25, 0.3) is 0 Å². The monoisotopic (exact) mass is 236 g/mol. The Morgan fingerprint density at radius 1 is 1.31 bits per heavy atom. The highest BCUT2D eigenvalue weighted by Gasteiger charge is 2.32. The van der Waals surface area contributed by atoms with E-state index >= 15 is 0 Å². The number of nitrogens with one attached hydrogen (secondary N) is 1. The summed E-state index contributed by atoms with van der Waals surface area (Å²) in [6.07, 6.45) is 2.78. The van der Waals surface area contributed by atoms with Crippen molar-refractivity contribution in [3.8, 4) is 0 Å². The third-order valence-corrected chi connectivity index (χ3v) is 3.76. The van der Waals surface area contributed by atoms with E-state index in [1.54, 1.807) is 0 Å². The van der Waals surface area contributed by atoms with Crippen LogP contribution in [0.4, 0.5) is 0 Å². The number of halogens is 1. The molecule has 0 bridgehead atoms. The van der Waals surface area contributed by atoms with Gasteiger partial charge in [-0.3, -0.25) is 4.90 Å². The lowest BCUT2D eigenvalue weighted by Gasteiger charge is -2.34. The molecule has 2 aliphatic rings. The lowest BCUT2D eigenvalue weighted by Crippen LogP contribution is -2.46. The summed E-state index contributed by atoms with van der Waals surface area (Å²) in [5.41, 5.74) is 1.32. The van der Waals surface area contributed by atoms with Crippen LogP contribution in [0, 0.1) is 0 Å². The number of hydrogen-bond donors (Lipinski definition) is 1. The third kappa shape index (κ3) is 2.24. The first kappa shape index (κ1) is 10.6. The van der Waals surface area contributed by atoms with Crippen molar-refractivity contribution in [2.45, 2.75) is 24.9 Å². The van der Waals surface area contributed by atoms with Gasteiger partial charge in [0.05, 0.1) is 0 Å². The quantitative estimate of drug-likeness (QED) is 0.849. The van der Waals surface area contributed by atoms with Gasteiger partial charge in [0.1, 0.15) is 0 Å². The molecule has 0 amide bonds. The molecule has 16 heavy (non-hydrogen) atoms. The van der Waals surface area contributed by atoms with Gasteiger partial charge in [-0.25, -0.2) is 0 Å². The second-order valence-electron chi connectivity index (χ2n) is 4.79. The zero-order chi connectivity index (χ0) is 11.0. The first-order valence-electron chi connectivity index (χ1n) is 6.06. The van der Waals surface area contributed by atoms with E-state index in [1.807, 2.05) is 12.1 Å². The molecule has 1 N–H and O–H groups in total. The first-order chi connectivity index (χ1) is 7.83. The number of nitrogens with zero attached hydrogens (tertiary/aromatic N) is 1. The summed E-state index contributed by atoms with van der Waals surface area (Å²) in [6, 6.07) is 9.54. The van der Waals surface area contributed by atoms with Gasteiger partial charge in [0, 0.05) is 36.7 Å². The standard InChI is InChI=1S/C13H17ClN2/c14-11-3-1-2-10(8-11)13-9-16(7-6-15-13)12-4-5-12/h1-3,8,12-13,15H,4-7,9H2/t13-/m1/s1. The van der Waals surface area contributed by atoms with Crippen LogP contribution in [0.25, 0.3) is 0 Å². The summed E-state index contributed by atoms with van der Waals surface area (Å²) in [7, 11) is 0. The van der Waals surface area contributed by atoms with Crippen molar-refractivity contribution < 1.29 is 0 Å². The van der Waals surface area contributed by atoms with E-state index < -0.39 is 0 Å². The van der Waals surface area contributed by atoms with E-state index in [0.29, 0.717) is 6.04 Å². The van der Waals surface area contributed by atoms with E-state index in [0.717, 1.165) is 24.2 Å². The maximum atomic E-state index is 6.03. The summed E-state index contributed by atoms with van der Waals surface area (Å²) in [6.45, 7) is 3.42. The summed E-state index contributed by atoms with van der Waals surface area (Å²) in [5.74, 6) is 0. The van der Waals surface area contributed by atoms with E-state index in [1.165, 1.54) is 24.9 Å². The normalized spacial score (nSPS) is 26.9. The van der Waals surface area contributed by atoms with Gasteiger partial charge in [-0.1, -0.05) is 23.7 Å². The highest BCUT2D eigenvalue weighted by atomic mass is 35.5. The minimum Gasteiger partial charge on any atom is -0.308 e. The molecule has 1 heterocycles. The predicted molar refractivity (Wildman–Crippen MR) is 66.8 cm³/mol. The van der Waals surface area contributed by atoms with Gasteiger partial charge in [-0.15, -0.1) is 0 Å². The van der Waals surface area contributed by atoms with Gasteiger partial charge >= 0.3 is 0 Å². The summed E-state index contributed by atoms with van der Waals surface area (Å²) in [4.78, 5) is 2.61. The Morgan fingerprint density at radius 3 is 2.94 bits per heavy atom. The fourth-order valence-electron chi connectivity index (χ4n) is 2.49. The van der Waals surface area contributed by atoms with Crippen molar-refractivity contribution in [2.75, 3.05) is 19.6 Å². The fraction of sp³-hybridized carbons (Fsp3) is 0.538. The van der Waals surface area contributed by atoms with Crippen molar-refractivity contribution in [1.82, 2.24) is 10.2 Å². The minimum atomic E-state index is 0.452. The summed E-state index contributed by atoms with van der Waals surface area (Å²) >= 11 is 6.03. The fourth-order valence-corrected chi connectivity index (χ4v) is 2.69. The van der Waals surface area contributed by atoms with Crippen LogP contribution < -0.4 is 5.32 Å². The zero-order valence-electron chi connectivity index (χ0n) is 9.32. The molecule has 3 rings (SSSR count). The van der Waals surface area contributed by atoms with Crippen LogP contribution >= 0.6 is 11.6 Å². The molecule has 0 spiro atoms. The van der Waals surface area contributed by atoms with Crippen LogP contribution in [-0.4, -0.2) is 30.6 Å². The molecule has 2 fully saturated rings. The molecule has 0 radical (unpaired) electrons. The Hall–Kier alpha value is -0.570. The summed E-state index contributed by atoms with van der Waals surface area (Å²) in [5, 5.41) is 4.41. The lowest BCUT2D eigenvalue weighted by atomic mass is 10.0. The molecular weight excluding hydrogens is 220 g/mol. The Bertz CT molecular complexity index is 376. The van der Waals surface area contributed by atoms with Crippen LogP contribution in [0.5, 0.6) is 0 Å². The largest absolute Gasteiger partial charge is 0.308 e. The molecule has 1 aromatic carbocycles. The van der Waals surface area contributed by atoms with E-state index in [-0.39, 0.29) is 0 Å². The highest BCUT2D eigenvalue weighted by Crippen LogP contribution is 2.30. The molecule has 1 aromatic rings. The van der Waals surface area contributed by atoms with Crippen LogP contribution in [0.15, 0.2) is 24.3 Å². The smallest absolute Gasteiger partial charge is 0.0450 e. The first-order valence-corrected chi connectivity index (χ1v) is 6.43. The molecule has 3 heteroatoms. The van der Waals surface area contributed by atoms with Crippen molar-refractivity contribution in [1.29, 1.82) is 0 Å². The molecule has 86 valence electrons. The number of hydrogen-bond acceptors (Lipinski definition) is 2. The Kier molecular flexibility index (Phi) is 2.88. The Labute approximate surface area is 102 Å². The van der Waals surface area contributed by atoms with Crippen molar-refractivity contribution >= 4 is 11.6 Å². The summed E-state index contributed by atoms with van der Waals surface area (Å²) < 4.78 is 0. The van der Waals surface area contributed by atoms with E-state index in [2.05, 4.69) is 22.3 Å². The maximum absolute atomic E-state index is 6.03. The average molecular weight is 237 g/mol. The van der Waals surface area contributed by atoms with Crippen LogP contribution in [-0.2, 0) is 0 Å². The molecule has 1 aliphatic carbocycles. The topological polar surface area (TPSA) is 15.3 Å². The molecule has 1 saturated heterocycles. The second-order valence-corrected chi connectivity index (χ2v) is 5.22. The highest BCUT2D eigenvalue weighted by molar-refractivity contribution is 6.30. The third-order valence-electron chi connectivity index (χ3n) is 3.52. The van der Waals surface area contributed by atoms with Gasteiger partial charge < -0.3 is 5.32 Å². The molecule has 2 nitrogen and oxygen atoms in total. The van der Waals surface area contributed by atoms with Crippen LogP contribution in [0.2, 0.25) is 5.02 Å². The molecule has 1 atom stereocenters. The molecule has 0 unspecified atom stereocenters. The zero-order valence-corrected chi connectivity index (χ0v) is 10.1. The molecule has 1 saturated carbocycles. The molecular formula is C13H17ClN2. The molecule has 0 aromatic heterocycles. The van der Waals surface area contributed by atoms with Gasteiger partial charge in [0.2, 0.25) is 0 Å². The number of piperazine rings is 1. The van der Waals surface area contributed by atoms with Gasteiger partial charge in [0.15, 0.2) is 0 Å². The van der Waals surface area contributed by atoms with Crippen LogP contribution in [0.3, 0.4) is 0 Å². The maximum Gasteiger partial charge on any atom is 0.0450 e. The number of rotatable bonds is 2. The minimum absolute atomic E-state index is 0.452. The van der Waals surface area contributed by atoms with Crippen molar-refractivity contribution in [2.24, 2.45) is 0 Å². The van der Waals surface area contributed by atoms with Gasteiger partial charge in [-0.2, -0.15) is 0 Å². The Morgan fingerprint density at radius 2 is 2.19 bits per heavy atom. The SMILES string of the molecule is Clc1cccc([C@H]2CN(C3CC3)CCN2)c1. The van der Waals surface area contributed by atoms with E-state index in [4.69, 9.17) is 11.6 Å². The molecule has 1 aliphatic heterocycles. The lowest BCUT2D eigenvalue weighted by molar-refractivity contribution is 0.192.